The lowest BCUT2D eigenvalue weighted by Crippen LogP contribution is -2.40. The van der Waals surface area contributed by atoms with Crippen LogP contribution in [0, 0.1) is 0 Å². The van der Waals surface area contributed by atoms with Crippen molar-refractivity contribution in [2.45, 2.75) is 46.3 Å². The maximum absolute atomic E-state index is 12.1. The van der Waals surface area contributed by atoms with Gasteiger partial charge in [-0.1, -0.05) is 6.58 Å². The number of hydrogen-bond acceptors (Lipinski definition) is 4. The van der Waals surface area contributed by atoms with Crippen molar-refractivity contribution < 1.29 is 9.53 Å². The van der Waals surface area contributed by atoms with Crippen LogP contribution in [-0.2, 0) is 17.7 Å². The SMILES string of the molecule is C=C(C)c1ncnc2c1CCN(C(=O)OC(C)(C)C)C2. The number of aromatic nitrogens is 2. The lowest BCUT2D eigenvalue weighted by Gasteiger charge is -2.31. The standard InChI is InChI=1S/C15H21N3O2/c1-10(2)13-11-6-7-18(8-12(11)16-9-17-13)14(19)20-15(3,4)5/h9H,1,6-8H2,2-5H3. The Balaban J connectivity index is 2.18. The molecule has 0 aromatic carbocycles. The zero-order chi connectivity index (χ0) is 14.9. The molecule has 0 atom stereocenters. The molecule has 0 bridgehead atoms. The number of carbonyl (C=O) groups excluding carboxylic acids is 1. The van der Waals surface area contributed by atoms with Gasteiger partial charge in [-0.05, 0) is 39.7 Å². The Hall–Kier alpha value is -1.91. The molecule has 5 heteroatoms. The highest BCUT2D eigenvalue weighted by molar-refractivity contribution is 5.69. The van der Waals surface area contributed by atoms with E-state index in [1.165, 1.54) is 6.33 Å². The predicted molar refractivity (Wildman–Crippen MR) is 77.1 cm³/mol. The van der Waals surface area contributed by atoms with E-state index in [9.17, 15) is 4.79 Å². The van der Waals surface area contributed by atoms with Gasteiger partial charge in [0.1, 0.15) is 11.9 Å². The number of hydrogen-bond donors (Lipinski definition) is 0. The molecular weight excluding hydrogens is 254 g/mol. The van der Waals surface area contributed by atoms with E-state index in [0.29, 0.717) is 13.1 Å². The predicted octanol–water partition coefficient (Wildman–Crippen LogP) is 2.80. The first kappa shape index (κ1) is 14.5. The number of carbonyl (C=O) groups is 1. The first-order chi connectivity index (χ1) is 9.28. The van der Waals surface area contributed by atoms with Gasteiger partial charge in [-0.2, -0.15) is 0 Å². The summed E-state index contributed by atoms with van der Waals surface area (Å²) in [5.74, 6) is 0. The molecule has 108 valence electrons. The molecule has 5 nitrogen and oxygen atoms in total. The van der Waals surface area contributed by atoms with E-state index in [0.717, 1.165) is 28.9 Å². The third kappa shape index (κ3) is 3.15. The molecular formula is C15H21N3O2. The Morgan fingerprint density at radius 2 is 2.10 bits per heavy atom. The normalized spacial score (nSPS) is 14.7. The molecule has 1 amide bonds. The van der Waals surface area contributed by atoms with Gasteiger partial charge in [-0.25, -0.2) is 14.8 Å². The van der Waals surface area contributed by atoms with Gasteiger partial charge in [0.15, 0.2) is 0 Å². The van der Waals surface area contributed by atoms with E-state index in [4.69, 9.17) is 4.74 Å². The first-order valence-electron chi connectivity index (χ1n) is 6.74. The second kappa shape index (κ2) is 5.23. The fourth-order valence-electron chi connectivity index (χ4n) is 2.20. The molecule has 0 spiro atoms. The minimum Gasteiger partial charge on any atom is -0.444 e. The molecule has 20 heavy (non-hydrogen) atoms. The summed E-state index contributed by atoms with van der Waals surface area (Å²) in [6.07, 6.45) is 1.97. The van der Waals surface area contributed by atoms with Gasteiger partial charge in [0.2, 0.25) is 0 Å². The Morgan fingerprint density at radius 1 is 1.40 bits per heavy atom. The van der Waals surface area contributed by atoms with Gasteiger partial charge >= 0.3 is 6.09 Å². The number of ether oxygens (including phenoxy) is 1. The molecule has 0 saturated carbocycles. The van der Waals surface area contributed by atoms with Crippen LogP contribution in [0.5, 0.6) is 0 Å². The summed E-state index contributed by atoms with van der Waals surface area (Å²) in [5, 5.41) is 0. The third-order valence-corrected chi connectivity index (χ3v) is 3.06. The lowest BCUT2D eigenvalue weighted by molar-refractivity contribution is 0.0220. The molecule has 0 radical (unpaired) electrons. The summed E-state index contributed by atoms with van der Waals surface area (Å²) < 4.78 is 5.40. The maximum atomic E-state index is 12.1. The number of nitrogens with zero attached hydrogens (tertiary/aromatic N) is 3. The van der Waals surface area contributed by atoms with Crippen molar-refractivity contribution in [3.63, 3.8) is 0 Å². The van der Waals surface area contributed by atoms with Crippen LogP contribution >= 0.6 is 0 Å². The average molecular weight is 275 g/mol. The lowest BCUT2D eigenvalue weighted by atomic mass is 10.00. The summed E-state index contributed by atoms with van der Waals surface area (Å²) in [7, 11) is 0. The Morgan fingerprint density at radius 3 is 2.70 bits per heavy atom. The topological polar surface area (TPSA) is 55.3 Å². The number of amides is 1. The number of rotatable bonds is 1. The monoisotopic (exact) mass is 275 g/mol. The van der Waals surface area contributed by atoms with E-state index in [1.54, 1.807) is 4.90 Å². The Labute approximate surface area is 119 Å². The second-order valence-electron chi connectivity index (χ2n) is 6.08. The van der Waals surface area contributed by atoms with Crippen molar-refractivity contribution in [2.75, 3.05) is 6.54 Å². The third-order valence-electron chi connectivity index (χ3n) is 3.06. The van der Waals surface area contributed by atoms with Crippen molar-refractivity contribution >= 4 is 11.7 Å². The summed E-state index contributed by atoms with van der Waals surface area (Å²) in [6, 6.07) is 0. The zero-order valence-electron chi connectivity index (χ0n) is 12.6. The second-order valence-corrected chi connectivity index (χ2v) is 6.08. The number of allylic oxidation sites excluding steroid dienone is 1. The van der Waals surface area contributed by atoms with Gasteiger partial charge in [0, 0.05) is 12.1 Å². The van der Waals surface area contributed by atoms with E-state index in [-0.39, 0.29) is 6.09 Å². The van der Waals surface area contributed by atoms with Gasteiger partial charge in [-0.15, -0.1) is 0 Å². The van der Waals surface area contributed by atoms with Crippen LogP contribution in [0.4, 0.5) is 4.79 Å². The smallest absolute Gasteiger partial charge is 0.410 e. The largest absolute Gasteiger partial charge is 0.444 e. The average Bonchev–Trinajstić information content (AvgIpc) is 2.35. The van der Waals surface area contributed by atoms with Crippen LogP contribution in [-0.4, -0.2) is 33.1 Å². The summed E-state index contributed by atoms with van der Waals surface area (Å²) in [4.78, 5) is 22.3. The fourth-order valence-corrected chi connectivity index (χ4v) is 2.20. The van der Waals surface area contributed by atoms with Crippen LogP contribution in [0.3, 0.4) is 0 Å². The van der Waals surface area contributed by atoms with Crippen molar-refractivity contribution in [3.8, 4) is 0 Å². The highest BCUT2D eigenvalue weighted by Gasteiger charge is 2.27. The highest BCUT2D eigenvalue weighted by atomic mass is 16.6. The van der Waals surface area contributed by atoms with Crippen LogP contribution in [0.15, 0.2) is 12.9 Å². The highest BCUT2D eigenvalue weighted by Crippen LogP contribution is 2.24. The summed E-state index contributed by atoms with van der Waals surface area (Å²) >= 11 is 0. The molecule has 1 aliphatic rings. The number of fused-ring (bicyclic) bond motifs is 1. The minimum atomic E-state index is -0.480. The zero-order valence-corrected chi connectivity index (χ0v) is 12.6. The molecule has 1 aromatic rings. The molecule has 0 N–H and O–H groups in total. The van der Waals surface area contributed by atoms with Crippen LogP contribution in [0.2, 0.25) is 0 Å². The van der Waals surface area contributed by atoms with Gasteiger partial charge < -0.3 is 9.64 Å². The molecule has 0 fully saturated rings. The fraction of sp³-hybridized carbons (Fsp3) is 0.533. The van der Waals surface area contributed by atoms with Gasteiger partial charge in [0.25, 0.3) is 0 Å². The van der Waals surface area contributed by atoms with E-state index in [2.05, 4.69) is 16.5 Å². The molecule has 1 aliphatic heterocycles. The van der Waals surface area contributed by atoms with E-state index in [1.807, 2.05) is 27.7 Å². The van der Waals surface area contributed by atoms with E-state index >= 15 is 0 Å². The van der Waals surface area contributed by atoms with Gasteiger partial charge in [0.05, 0.1) is 17.9 Å². The van der Waals surface area contributed by atoms with Crippen LogP contribution in [0.25, 0.3) is 5.57 Å². The van der Waals surface area contributed by atoms with E-state index < -0.39 is 5.60 Å². The quantitative estimate of drug-likeness (QED) is 0.791. The molecule has 2 rings (SSSR count). The summed E-state index contributed by atoms with van der Waals surface area (Å²) in [6.45, 7) is 12.6. The molecule has 1 aromatic heterocycles. The van der Waals surface area contributed by atoms with Gasteiger partial charge in [-0.3, -0.25) is 0 Å². The Bertz CT molecular complexity index is 547. The molecule has 0 saturated heterocycles. The van der Waals surface area contributed by atoms with Crippen molar-refractivity contribution in [1.82, 2.24) is 14.9 Å². The van der Waals surface area contributed by atoms with Crippen LogP contribution < -0.4 is 0 Å². The Kier molecular flexibility index (Phi) is 3.79. The van der Waals surface area contributed by atoms with Crippen molar-refractivity contribution in [3.05, 3.63) is 29.9 Å². The minimum absolute atomic E-state index is 0.293. The molecule has 0 unspecified atom stereocenters. The molecule has 0 aliphatic carbocycles. The summed E-state index contributed by atoms with van der Waals surface area (Å²) in [5.41, 5.74) is 3.33. The van der Waals surface area contributed by atoms with Crippen molar-refractivity contribution in [2.24, 2.45) is 0 Å². The van der Waals surface area contributed by atoms with Crippen LogP contribution in [0.1, 0.15) is 44.6 Å². The molecule has 2 heterocycles. The first-order valence-corrected chi connectivity index (χ1v) is 6.74. The maximum Gasteiger partial charge on any atom is 0.410 e. The van der Waals surface area contributed by atoms with Crippen molar-refractivity contribution in [1.29, 1.82) is 0 Å².